The zero-order chi connectivity index (χ0) is 20.4. The normalized spacial score (nSPS) is 29.3. The average Bonchev–Trinajstić information content (AvgIpc) is 2.70. The molecule has 0 spiro atoms. The summed E-state index contributed by atoms with van der Waals surface area (Å²) in [5, 5.41) is 8.45. The fraction of sp³-hybridized carbons (Fsp3) is 0.609. The molecule has 0 unspecified atom stereocenters. The molecule has 4 bridgehead atoms. The number of carbonyl (C=O) groups is 3. The molecule has 156 valence electrons. The molecule has 4 aliphatic rings. The molecule has 6 nitrogen and oxygen atoms in total. The van der Waals surface area contributed by atoms with E-state index in [1.807, 2.05) is 6.92 Å². The predicted molar refractivity (Wildman–Crippen MR) is 111 cm³/mol. The van der Waals surface area contributed by atoms with E-state index in [4.69, 9.17) is 0 Å². The highest BCUT2D eigenvalue weighted by molar-refractivity contribution is 5.98. The molecule has 0 radical (unpaired) electrons. The molecule has 29 heavy (non-hydrogen) atoms. The number of anilines is 1. The van der Waals surface area contributed by atoms with E-state index < -0.39 is 0 Å². The van der Waals surface area contributed by atoms with Gasteiger partial charge in [-0.1, -0.05) is 6.92 Å². The highest BCUT2D eigenvalue weighted by atomic mass is 16.2. The van der Waals surface area contributed by atoms with Gasteiger partial charge in [0.1, 0.15) is 0 Å². The lowest BCUT2D eigenvalue weighted by Gasteiger charge is -2.55. The van der Waals surface area contributed by atoms with Crippen molar-refractivity contribution < 1.29 is 14.4 Å². The summed E-state index contributed by atoms with van der Waals surface area (Å²) in [5.74, 6) is 1.85. The summed E-state index contributed by atoms with van der Waals surface area (Å²) >= 11 is 0. The topological polar surface area (TPSA) is 87.3 Å². The molecule has 0 saturated heterocycles. The van der Waals surface area contributed by atoms with Crippen molar-refractivity contribution in [3.63, 3.8) is 0 Å². The Morgan fingerprint density at radius 2 is 1.52 bits per heavy atom. The summed E-state index contributed by atoms with van der Waals surface area (Å²) < 4.78 is 0. The maximum absolute atomic E-state index is 13.1. The van der Waals surface area contributed by atoms with Crippen LogP contribution in [0, 0.1) is 23.2 Å². The Labute approximate surface area is 172 Å². The third kappa shape index (κ3) is 4.31. The molecule has 3 N–H and O–H groups in total. The first kappa shape index (κ1) is 19.9. The van der Waals surface area contributed by atoms with E-state index in [9.17, 15) is 14.4 Å². The molecule has 4 saturated carbocycles. The number of amides is 3. The van der Waals surface area contributed by atoms with Crippen LogP contribution in [0.3, 0.4) is 0 Å². The van der Waals surface area contributed by atoms with Crippen molar-refractivity contribution in [2.24, 2.45) is 23.2 Å². The average molecular weight is 398 g/mol. The van der Waals surface area contributed by atoms with Gasteiger partial charge in [0.05, 0.1) is 12.0 Å². The van der Waals surface area contributed by atoms with Crippen molar-refractivity contribution in [1.29, 1.82) is 0 Å². The summed E-state index contributed by atoms with van der Waals surface area (Å²) in [6, 6.07) is 6.91. The third-order valence-electron chi connectivity index (χ3n) is 6.91. The van der Waals surface area contributed by atoms with E-state index in [-0.39, 0.29) is 29.7 Å². The van der Waals surface area contributed by atoms with Gasteiger partial charge in [-0.2, -0.15) is 0 Å². The molecule has 0 atom stereocenters. The largest absolute Gasteiger partial charge is 0.355 e. The molecule has 4 fully saturated rings. The summed E-state index contributed by atoms with van der Waals surface area (Å²) in [7, 11) is 0. The predicted octanol–water partition coefficient (Wildman–Crippen LogP) is 3.10. The number of rotatable bonds is 7. The van der Waals surface area contributed by atoms with Crippen LogP contribution in [0.25, 0.3) is 0 Å². The van der Waals surface area contributed by atoms with Crippen molar-refractivity contribution >= 4 is 23.4 Å². The highest BCUT2D eigenvalue weighted by Gasteiger charge is 2.54. The standard InChI is InChI=1S/C23H31N3O3/c1-2-7-24-20(27)14-25-21(28)18-3-5-19(6-4-18)26-22(29)23-11-15-8-16(12-23)10-17(9-15)13-23/h3-6,15-17H,2,7-14H2,1H3,(H,24,27)(H,25,28)(H,26,29). The van der Waals surface area contributed by atoms with Crippen LogP contribution in [0.1, 0.15) is 62.2 Å². The maximum atomic E-state index is 13.1. The number of hydrogen-bond acceptors (Lipinski definition) is 3. The lowest BCUT2D eigenvalue weighted by atomic mass is 9.49. The minimum atomic E-state index is -0.296. The number of hydrogen-bond donors (Lipinski definition) is 3. The minimum absolute atomic E-state index is 0.0384. The van der Waals surface area contributed by atoms with Gasteiger partial charge in [-0.05, 0) is 87.0 Å². The van der Waals surface area contributed by atoms with Crippen LogP contribution < -0.4 is 16.0 Å². The number of benzene rings is 1. The number of nitrogens with one attached hydrogen (secondary N) is 3. The minimum Gasteiger partial charge on any atom is -0.355 e. The SMILES string of the molecule is CCCNC(=O)CNC(=O)c1ccc(NC(=O)C23CC4CC(CC(C4)C2)C3)cc1. The van der Waals surface area contributed by atoms with Crippen LogP contribution in [0.4, 0.5) is 5.69 Å². The van der Waals surface area contributed by atoms with E-state index >= 15 is 0 Å². The Balaban J connectivity index is 1.32. The van der Waals surface area contributed by atoms with Crippen molar-refractivity contribution in [3.05, 3.63) is 29.8 Å². The second-order valence-electron chi connectivity index (χ2n) is 9.26. The molecule has 6 heteroatoms. The van der Waals surface area contributed by atoms with Crippen LogP contribution in [-0.2, 0) is 9.59 Å². The molecule has 4 aliphatic carbocycles. The van der Waals surface area contributed by atoms with E-state index in [0.717, 1.165) is 49.1 Å². The summed E-state index contributed by atoms with van der Waals surface area (Å²) in [4.78, 5) is 36.9. The van der Waals surface area contributed by atoms with E-state index in [0.29, 0.717) is 12.1 Å². The van der Waals surface area contributed by atoms with Crippen LogP contribution >= 0.6 is 0 Å². The van der Waals surface area contributed by atoms with Gasteiger partial charge in [-0.3, -0.25) is 14.4 Å². The second kappa shape index (κ2) is 8.17. The van der Waals surface area contributed by atoms with Gasteiger partial charge in [-0.25, -0.2) is 0 Å². The quantitative estimate of drug-likeness (QED) is 0.661. The molecular weight excluding hydrogens is 366 g/mol. The van der Waals surface area contributed by atoms with Crippen LogP contribution in [0.2, 0.25) is 0 Å². The van der Waals surface area contributed by atoms with Crippen molar-refractivity contribution in [3.8, 4) is 0 Å². The van der Waals surface area contributed by atoms with Crippen molar-refractivity contribution in [2.75, 3.05) is 18.4 Å². The molecular formula is C23H31N3O3. The summed E-state index contributed by atoms with van der Waals surface area (Å²) in [6.07, 6.45) is 7.89. The Morgan fingerprint density at radius 3 is 2.07 bits per heavy atom. The fourth-order valence-electron chi connectivity index (χ4n) is 5.95. The summed E-state index contributed by atoms with van der Waals surface area (Å²) in [6.45, 7) is 2.54. The second-order valence-corrected chi connectivity index (χ2v) is 9.26. The first-order chi connectivity index (χ1) is 14.0. The Bertz CT molecular complexity index is 752. The van der Waals surface area contributed by atoms with Gasteiger partial charge >= 0.3 is 0 Å². The summed E-state index contributed by atoms with van der Waals surface area (Å²) in [5.41, 5.74) is 1.01. The van der Waals surface area contributed by atoms with Crippen molar-refractivity contribution in [2.45, 2.75) is 51.9 Å². The van der Waals surface area contributed by atoms with Crippen LogP contribution in [-0.4, -0.2) is 30.8 Å². The third-order valence-corrected chi connectivity index (χ3v) is 6.91. The molecule has 0 heterocycles. The van der Waals surface area contributed by atoms with Gasteiger partial charge in [0.2, 0.25) is 11.8 Å². The maximum Gasteiger partial charge on any atom is 0.251 e. The zero-order valence-corrected chi connectivity index (χ0v) is 17.1. The Kier molecular flexibility index (Phi) is 5.61. The van der Waals surface area contributed by atoms with Gasteiger partial charge in [0, 0.05) is 17.8 Å². The first-order valence-electron chi connectivity index (χ1n) is 10.9. The molecule has 0 aromatic heterocycles. The highest BCUT2D eigenvalue weighted by Crippen LogP contribution is 2.60. The lowest BCUT2D eigenvalue weighted by molar-refractivity contribution is -0.140. The Hall–Kier alpha value is -2.37. The zero-order valence-electron chi connectivity index (χ0n) is 17.1. The lowest BCUT2D eigenvalue weighted by Crippen LogP contribution is -2.51. The Morgan fingerprint density at radius 1 is 0.931 bits per heavy atom. The van der Waals surface area contributed by atoms with Gasteiger partial charge in [0.15, 0.2) is 0 Å². The van der Waals surface area contributed by atoms with Gasteiger partial charge in [0.25, 0.3) is 5.91 Å². The van der Waals surface area contributed by atoms with Crippen LogP contribution in [0.15, 0.2) is 24.3 Å². The molecule has 3 amide bonds. The smallest absolute Gasteiger partial charge is 0.251 e. The van der Waals surface area contributed by atoms with E-state index in [1.165, 1.54) is 19.3 Å². The van der Waals surface area contributed by atoms with Gasteiger partial charge < -0.3 is 16.0 Å². The first-order valence-corrected chi connectivity index (χ1v) is 10.9. The van der Waals surface area contributed by atoms with Gasteiger partial charge in [-0.15, -0.1) is 0 Å². The number of carbonyl (C=O) groups excluding carboxylic acids is 3. The van der Waals surface area contributed by atoms with E-state index in [2.05, 4.69) is 16.0 Å². The molecule has 0 aliphatic heterocycles. The molecule has 1 aromatic carbocycles. The molecule has 1 aromatic rings. The fourth-order valence-corrected chi connectivity index (χ4v) is 5.95. The van der Waals surface area contributed by atoms with Crippen LogP contribution in [0.5, 0.6) is 0 Å². The van der Waals surface area contributed by atoms with E-state index in [1.54, 1.807) is 24.3 Å². The monoisotopic (exact) mass is 397 g/mol. The van der Waals surface area contributed by atoms with Crippen molar-refractivity contribution in [1.82, 2.24) is 10.6 Å². The molecule has 5 rings (SSSR count).